The first-order valence-corrected chi connectivity index (χ1v) is 11.5. The molecule has 2 aromatic heterocycles. The van der Waals surface area contributed by atoms with Gasteiger partial charge in [0, 0.05) is 35.2 Å². The van der Waals surface area contributed by atoms with Crippen LogP contribution in [0.5, 0.6) is 11.5 Å². The molecule has 1 atom stereocenters. The number of halogens is 1. The first kappa shape index (κ1) is 23.7. The summed E-state index contributed by atoms with van der Waals surface area (Å²) in [5, 5.41) is 3.45. The summed E-state index contributed by atoms with van der Waals surface area (Å²) in [6, 6.07) is 13.8. The average molecular weight is 481 g/mol. The number of thiophene rings is 1. The SMILES string of the molecule is COCc1c(C(=O)NC(C)c2ccc(OCc3ccncc3)c(OC)c2)sc2cccc(F)c12. The van der Waals surface area contributed by atoms with Crippen LogP contribution in [0.2, 0.25) is 0 Å². The number of carbonyl (C=O) groups is 1. The Hall–Kier alpha value is -3.49. The number of aromatic nitrogens is 1. The second-order valence-corrected chi connectivity index (χ2v) is 8.76. The van der Waals surface area contributed by atoms with Crippen molar-refractivity contribution < 1.29 is 23.4 Å². The first-order valence-electron chi connectivity index (χ1n) is 10.7. The zero-order valence-corrected chi connectivity index (χ0v) is 19.9. The number of rotatable bonds is 9. The number of carbonyl (C=O) groups excluding carboxylic acids is 1. The number of hydrogen-bond donors (Lipinski definition) is 1. The molecule has 0 fully saturated rings. The molecule has 0 saturated heterocycles. The van der Waals surface area contributed by atoms with Crippen LogP contribution in [0.1, 0.15) is 39.3 Å². The molecule has 34 heavy (non-hydrogen) atoms. The van der Waals surface area contributed by atoms with E-state index in [-0.39, 0.29) is 24.4 Å². The molecule has 1 N–H and O–H groups in total. The van der Waals surface area contributed by atoms with Crippen molar-refractivity contribution in [3.05, 3.63) is 88.3 Å². The van der Waals surface area contributed by atoms with Crippen LogP contribution in [0.15, 0.2) is 60.9 Å². The highest BCUT2D eigenvalue weighted by Gasteiger charge is 2.22. The van der Waals surface area contributed by atoms with Crippen LogP contribution in [0, 0.1) is 5.82 Å². The van der Waals surface area contributed by atoms with Crippen LogP contribution in [0.3, 0.4) is 0 Å². The van der Waals surface area contributed by atoms with Gasteiger partial charge in [0.25, 0.3) is 5.91 Å². The maximum Gasteiger partial charge on any atom is 0.262 e. The standard InChI is InChI=1S/C26H25FN2O4S/c1-16(18-7-8-21(22(13-18)32-3)33-14-17-9-11-28-12-10-17)29-26(30)25-19(15-31-2)24-20(27)5-4-6-23(24)34-25/h4-13,16H,14-15H2,1-3H3,(H,29,30). The Morgan fingerprint density at radius 3 is 2.62 bits per heavy atom. The van der Waals surface area contributed by atoms with E-state index in [1.54, 1.807) is 31.6 Å². The van der Waals surface area contributed by atoms with Gasteiger partial charge in [-0.15, -0.1) is 11.3 Å². The Kier molecular flexibility index (Phi) is 7.40. The smallest absolute Gasteiger partial charge is 0.262 e. The molecule has 0 aliphatic heterocycles. The Morgan fingerprint density at radius 2 is 1.88 bits per heavy atom. The number of benzene rings is 2. The number of ether oxygens (including phenoxy) is 3. The molecule has 0 aliphatic rings. The maximum atomic E-state index is 14.5. The maximum absolute atomic E-state index is 14.5. The van der Waals surface area contributed by atoms with Crippen LogP contribution in [-0.4, -0.2) is 25.1 Å². The highest BCUT2D eigenvalue weighted by atomic mass is 32.1. The highest BCUT2D eigenvalue weighted by Crippen LogP contribution is 2.35. The van der Waals surface area contributed by atoms with Gasteiger partial charge in [0.1, 0.15) is 12.4 Å². The molecule has 4 aromatic rings. The molecule has 0 bridgehead atoms. The molecular weight excluding hydrogens is 455 g/mol. The van der Waals surface area contributed by atoms with E-state index in [1.807, 2.05) is 37.3 Å². The molecule has 6 nitrogen and oxygen atoms in total. The van der Waals surface area contributed by atoms with E-state index < -0.39 is 0 Å². The van der Waals surface area contributed by atoms with Gasteiger partial charge in [0.05, 0.1) is 24.6 Å². The topological polar surface area (TPSA) is 69.7 Å². The quantitative estimate of drug-likeness (QED) is 0.335. The number of pyridine rings is 1. The number of amides is 1. The van der Waals surface area contributed by atoms with Gasteiger partial charge in [0.15, 0.2) is 11.5 Å². The lowest BCUT2D eigenvalue weighted by Gasteiger charge is -2.17. The summed E-state index contributed by atoms with van der Waals surface area (Å²) in [6.07, 6.45) is 3.43. The van der Waals surface area contributed by atoms with E-state index in [2.05, 4.69) is 10.3 Å². The zero-order valence-electron chi connectivity index (χ0n) is 19.1. The van der Waals surface area contributed by atoms with E-state index >= 15 is 0 Å². The number of methoxy groups -OCH3 is 2. The molecule has 0 aliphatic carbocycles. The molecule has 2 heterocycles. The third kappa shape index (κ3) is 5.03. The van der Waals surface area contributed by atoms with E-state index in [1.165, 1.54) is 24.5 Å². The molecule has 1 amide bonds. The Balaban J connectivity index is 1.52. The van der Waals surface area contributed by atoms with Crippen molar-refractivity contribution >= 4 is 27.3 Å². The summed E-state index contributed by atoms with van der Waals surface area (Å²) >= 11 is 1.26. The highest BCUT2D eigenvalue weighted by molar-refractivity contribution is 7.21. The summed E-state index contributed by atoms with van der Waals surface area (Å²) in [5.74, 6) is 0.526. The first-order chi connectivity index (χ1) is 16.5. The van der Waals surface area contributed by atoms with E-state index in [9.17, 15) is 9.18 Å². The minimum Gasteiger partial charge on any atom is -0.493 e. The second kappa shape index (κ2) is 10.6. The van der Waals surface area contributed by atoms with Crippen molar-refractivity contribution in [3.63, 3.8) is 0 Å². The van der Waals surface area contributed by atoms with Crippen molar-refractivity contribution in [2.24, 2.45) is 0 Å². The van der Waals surface area contributed by atoms with Crippen molar-refractivity contribution in [2.75, 3.05) is 14.2 Å². The minimum atomic E-state index is -0.361. The van der Waals surface area contributed by atoms with Crippen molar-refractivity contribution in [1.29, 1.82) is 0 Å². The predicted octanol–water partition coefficient (Wildman–Crippen LogP) is 5.66. The lowest BCUT2D eigenvalue weighted by molar-refractivity contribution is 0.0939. The Morgan fingerprint density at radius 1 is 1.09 bits per heavy atom. The van der Waals surface area contributed by atoms with E-state index in [0.29, 0.717) is 38.6 Å². The minimum absolute atomic E-state index is 0.148. The van der Waals surface area contributed by atoms with Crippen molar-refractivity contribution in [1.82, 2.24) is 10.3 Å². The summed E-state index contributed by atoms with van der Waals surface area (Å²) < 4.78 is 31.8. The molecule has 0 spiro atoms. The van der Waals surface area contributed by atoms with Crippen molar-refractivity contribution in [2.45, 2.75) is 26.2 Å². The van der Waals surface area contributed by atoms with Crippen LogP contribution in [-0.2, 0) is 18.0 Å². The second-order valence-electron chi connectivity index (χ2n) is 7.71. The predicted molar refractivity (Wildman–Crippen MR) is 130 cm³/mol. The fourth-order valence-corrected chi connectivity index (χ4v) is 4.82. The normalized spacial score (nSPS) is 11.9. The molecule has 0 radical (unpaired) electrons. The lowest BCUT2D eigenvalue weighted by atomic mass is 10.1. The molecule has 2 aromatic carbocycles. The summed E-state index contributed by atoms with van der Waals surface area (Å²) in [6.45, 7) is 2.42. The fourth-order valence-electron chi connectivity index (χ4n) is 3.69. The lowest BCUT2D eigenvalue weighted by Crippen LogP contribution is -2.26. The summed E-state index contributed by atoms with van der Waals surface area (Å²) in [5.41, 5.74) is 2.40. The van der Waals surface area contributed by atoms with Crippen LogP contribution in [0.4, 0.5) is 4.39 Å². The van der Waals surface area contributed by atoms with Gasteiger partial charge in [-0.25, -0.2) is 4.39 Å². The van der Waals surface area contributed by atoms with Gasteiger partial charge >= 0.3 is 0 Å². The molecule has 1 unspecified atom stereocenters. The van der Waals surface area contributed by atoms with Gasteiger partial charge < -0.3 is 19.5 Å². The van der Waals surface area contributed by atoms with Gasteiger partial charge in [-0.1, -0.05) is 12.1 Å². The Bertz CT molecular complexity index is 1290. The monoisotopic (exact) mass is 480 g/mol. The number of hydrogen-bond acceptors (Lipinski definition) is 6. The molecule has 8 heteroatoms. The van der Waals surface area contributed by atoms with Crippen LogP contribution >= 0.6 is 11.3 Å². The molecule has 0 saturated carbocycles. The van der Waals surface area contributed by atoms with Gasteiger partial charge in [-0.05, 0) is 54.4 Å². The van der Waals surface area contributed by atoms with Gasteiger partial charge in [0.2, 0.25) is 0 Å². The van der Waals surface area contributed by atoms with Crippen LogP contribution in [0.25, 0.3) is 10.1 Å². The van der Waals surface area contributed by atoms with Crippen LogP contribution < -0.4 is 14.8 Å². The van der Waals surface area contributed by atoms with E-state index in [0.717, 1.165) is 11.1 Å². The number of fused-ring (bicyclic) bond motifs is 1. The zero-order chi connectivity index (χ0) is 24.1. The molecular formula is C26H25FN2O4S. The average Bonchev–Trinajstić information content (AvgIpc) is 3.23. The fraction of sp³-hybridized carbons (Fsp3) is 0.231. The molecule has 176 valence electrons. The summed E-state index contributed by atoms with van der Waals surface area (Å²) in [7, 11) is 3.10. The number of nitrogens with one attached hydrogen (secondary N) is 1. The van der Waals surface area contributed by atoms with Crippen molar-refractivity contribution in [3.8, 4) is 11.5 Å². The largest absolute Gasteiger partial charge is 0.493 e. The summed E-state index contributed by atoms with van der Waals surface area (Å²) in [4.78, 5) is 17.6. The Labute approximate surface area is 201 Å². The van der Waals surface area contributed by atoms with E-state index in [4.69, 9.17) is 14.2 Å². The van der Waals surface area contributed by atoms with Gasteiger partial charge in [-0.2, -0.15) is 0 Å². The third-order valence-electron chi connectivity index (χ3n) is 5.44. The molecule has 4 rings (SSSR count). The number of nitrogens with zero attached hydrogens (tertiary/aromatic N) is 1. The van der Waals surface area contributed by atoms with Gasteiger partial charge in [-0.3, -0.25) is 9.78 Å². The third-order valence-corrected chi connectivity index (χ3v) is 6.63.